The van der Waals surface area contributed by atoms with Gasteiger partial charge < -0.3 is 10.1 Å². The minimum Gasteiger partial charge on any atom is -0.380 e. The summed E-state index contributed by atoms with van der Waals surface area (Å²) in [6.45, 7) is 7.65. The van der Waals surface area contributed by atoms with Gasteiger partial charge >= 0.3 is 0 Å². The van der Waals surface area contributed by atoms with Crippen molar-refractivity contribution in [3.8, 4) is 0 Å². The van der Waals surface area contributed by atoms with Gasteiger partial charge in [-0.05, 0) is 19.8 Å². The molecule has 0 amide bonds. The molecule has 0 aromatic carbocycles. The summed E-state index contributed by atoms with van der Waals surface area (Å²) in [6, 6.07) is 0.700. The maximum absolute atomic E-state index is 5.29. The molecule has 0 aliphatic heterocycles. The van der Waals surface area contributed by atoms with Crippen molar-refractivity contribution in [2.24, 2.45) is 0 Å². The van der Waals surface area contributed by atoms with Gasteiger partial charge in [0.25, 0.3) is 0 Å². The molecule has 0 rings (SSSR count). The van der Waals surface area contributed by atoms with Crippen LogP contribution in [0.25, 0.3) is 0 Å². The molecule has 0 heterocycles. The van der Waals surface area contributed by atoms with Crippen molar-refractivity contribution in [1.29, 1.82) is 0 Å². The Morgan fingerprint density at radius 1 is 0.941 bits per heavy atom. The van der Waals surface area contributed by atoms with Gasteiger partial charge in [0.2, 0.25) is 0 Å². The predicted octanol–water partition coefficient (Wildman–Crippen LogP) is 4.14. The van der Waals surface area contributed by atoms with E-state index in [0.717, 1.165) is 6.54 Å². The molecule has 0 aromatic heterocycles. The van der Waals surface area contributed by atoms with E-state index in [4.69, 9.17) is 4.74 Å². The number of hydrogen-bond acceptors (Lipinski definition) is 2. The first-order valence-corrected chi connectivity index (χ1v) is 7.50. The van der Waals surface area contributed by atoms with E-state index in [9.17, 15) is 0 Å². The molecule has 0 aromatic rings. The van der Waals surface area contributed by atoms with Crippen molar-refractivity contribution in [1.82, 2.24) is 5.32 Å². The lowest BCUT2D eigenvalue weighted by molar-refractivity contribution is 0.113. The fraction of sp³-hybridized carbons (Fsp3) is 1.00. The van der Waals surface area contributed by atoms with Crippen LogP contribution in [-0.2, 0) is 4.74 Å². The Morgan fingerprint density at radius 3 is 1.88 bits per heavy atom. The second-order valence-corrected chi connectivity index (χ2v) is 5.14. The molecule has 0 fully saturated rings. The normalized spacial score (nSPS) is 13.2. The van der Waals surface area contributed by atoms with Crippen LogP contribution in [0, 0.1) is 0 Å². The van der Waals surface area contributed by atoms with Crippen molar-refractivity contribution in [2.75, 3.05) is 13.7 Å². The lowest BCUT2D eigenvalue weighted by atomic mass is 10.0. The zero-order valence-electron chi connectivity index (χ0n) is 12.4. The van der Waals surface area contributed by atoms with Crippen LogP contribution in [-0.4, -0.2) is 25.8 Å². The minimum absolute atomic E-state index is 0.329. The van der Waals surface area contributed by atoms with Crippen molar-refractivity contribution < 1.29 is 4.74 Å². The molecule has 104 valence electrons. The lowest BCUT2D eigenvalue weighted by Gasteiger charge is -2.20. The van der Waals surface area contributed by atoms with Crippen molar-refractivity contribution in [3.63, 3.8) is 0 Å². The van der Waals surface area contributed by atoms with E-state index in [1.54, 1.807) is 7.11 Å². The monoisotopic (exact) mass is 243 g/mol. The average Bonchev–Trinajstić information content (AvgIpc) is 2.35. The summed E-state index contributed by atoms with van der Waals surface area (Å²) in [5.74, 6) is 0. The summed E-state index contributed by atoms with van der Waals surface area (Å²) in [7, 11) is 1.79. The van der Waals surface area contributed by atoms with Gasteiger partial charge in [0.1, 0.15) is 0 Å². The number of nitrogens with one attached hydrogen (secondary N) is 1. The quantitative estimate of drug-likeness (QED) is 0.520. The van der Waals surface area contributed by atoms with Crippen LogP contribution < -0.4 is 5.32 Å². The highest BCUT2D eigenvalue weighted by atomic mass is 16.5. The van der Waals surface area contributed by atoms with Gasteiger partial charge in [0, 0.05) is 19.7 Å². The van der Waals surface area contributed by atoms with E-state index in [1.807, 2.05) is 0 Å². The van der Waals surface area contributed by atoms with Crippen molar-refractivity contribution >= 4 is 0 Å². The summed E-state index contributed by atoms with van der Waals surface area (Å²) < 4.78 is 5.29. The summed E-state index contributed by atoms with van der Waals surface area (Å²) >= 11 is 0. The van der Waals surface area contributed by atoms with Gasteiger partial charge in [-0.2, -0.15) is 0 Å². The fourth-order valence-corrected chi connectivity index (χ4v) is 2.05. The van der Waals surface area contributed by atoms with E-state index >= 15 is 0 Å². The van der Waals surface area contributed by atoms with Gasteiger partial charge in [-0.3, -0.25) is 0 Å². The molecule has 1 atom stereocenters. The minimum atomic E-state index is 0.329. The molecule has 17 heavy (non-hydrogen) atoms. The highest BCUT2D eigenvalue weighted by molar-refractivity contribution is 4.69. The molecule has 0 aliphatic carbocycles. The first-order chi connectivity index (χ1) is 8.24. The van der Waals surface area contributed by atoms with Crippen molar-refractivity contribution in [3.05, 3.63) is 0 Å². The second-order valence-electron chi connectivity index (χ2n) is 5.14. The third-order valence-corrected chi connectivity index (χ3v) is 3.41. The molecule has 0 radical (unpaired) electrons. The number of hydrogen-bond donors (Lipinski definition) is 1. The second kappa shape index (κ2) is 12.4. The van der Waals surface area contributed by atoms with Gasteiger partial charge in [-0.15, -0.1) is 0 Å². The molecule has 1 unspecified atom stereocenters. The maximum atomic E-state index is 5.29. The topological polar surface area (TPSA) is 21.3 Å². The van der Waals surface area contributed by atoms with Gasteiger partial charge in [-0.25, -0.2) is 0 Å². The van der Waals surface area contributed by atoms with Crippen LogP contribution in [0.5, 0.6) is 0 Å². The van der Waals surface area contributed by atoms with E-state index in [-0.39, 0.29) is 0 Å². The summed E-state index contributed by atoms with van der Waals surface area (Å²) in [5.41, 5.74) is 0. The third kappa shape index (κ3) is 10.8. The van der Waals surface area contributed by atoms with Crippen LogP contribution >= 0.6 is 0 Å². The van der Waals surface area contributed by atoms with Crippen LogP contribution in [0.2, 0.25) is 0 Å². The Bertz CT molecular complexity index is 140. The van der Waals surface area contributed by atoms with E-state index in [1.165, 1.54) is 51.4 Å². The molecular formula is C15H33NO. The Hall–Kier alpha value is -0.0800. The summed E-state index contributed by atoms with van der Waals surface area (Å²) in [6.07, 6.45) is 11.1. The molecule has 0 aliphatic rings. The van der Waals surface area contributed by atoms with Gasteiger partial charge in [0.05, 0.1) is 6.10 Å². The maximum Gasteiger partial charge on any atom is 0.0667 e. The summed E-state index contributed by atoms with van der Waals surface area (Å²) in [5, 5.41) is 3.66. The van der Waals surface area contributed by atoms with Crippen LogP contribution in [0.4, 0.5) is 0 Å². The Morgan fingerprint density at radius 2 is 1.47 bits per heavy atom. The summed E-state index contributed by atoms with van der Waals surface area (Å²) in [4.78, 5) is 0. The average molecular weight is 243 g/mol. The van der Waals surface area contributed by atoms with Crippen LogP contribution in [0.15, 0.2) is 0 Å². The third-order valence-electron chi connectivity index (χ3n) is 3.41. The number of ether oxygens (including phenoxy) is 1. The number of unbranched alkanes of at least 4 members (excludes halogenated alkanes) is 4. The fourth-order valence-electron chi connectivity index (χ4n) is 2.05. The predicted molar refractivity (Wildman–Crippen MR) is 76.5 cm³/mol. The first kappa shape index (κ1) is 16.9. The molecule has 0 spiro atoms. The van der Waals surface area contributed by atoms with Crippen LogP contribution in [0.1, 0.15) is 72.1 Å². The molecule has 1 N–H and O–H groups in total. The molecule has 0 saturated carbocycles. The standard InChI is InChI=1S/C15H33NO/c1-5-7-9-11-15(12-10-8-6-2)16-13-14(3)17-4/h14-16H,5-13H2,1-4H3. The first-order valence-electron chi connectivity index (χ1n) is 7.50. The largest absolute Gasteiger partial charge is 0.380 e. The lowest BCUT2D eigenvalue weighted by Crippen LogP contribution is -2.35. The Labute approximate surface area is 109 Å². The van der Waals surface area contributed by atoms with E-state index < -0.39 is 0 Å². The molecule has 0 saturated heterocycles. The van der Waals surface area contributed by atoms with Crippen molar-refractivity contribution in [2.45, 2.75) is 84.3 Å². The van der Waals surface area contributed by atoms with Crippen LogP contribution in [0.3, 0.4) is 0 Å². The highest BCUT2D eigenvalue weighted by Gasteiger charge is 2.09. The molecular weight excluding hydrogens is 210 g/mol. The highest BCUT2D eigenvalue weighted by Crippen LogP contribution is 2.11. The van der Waals surface area contributed by atoms with Gasteiger partial charge in [-0.1, -0.05) is 52.4 Å². The number of rotatable bonds is 12. The molecule has 2 nitrogen and oxygen atoms in total. The Balaban J connectivity index is 3.75. The zero-order chi connectivity index (χ0) is 12.9. The van der Waals surface area contributed by atoms with Gasteiger partial charge in [0.15, 0.2) is 0 Å². The SMILES string of the molecule is CCCCCC(CCCCC)NCC(C)OC. The van der Waals surface area contributed by atoms with E-state index in [0.29, 0.717) is 12.1 Å². The smallest absolute Gasteiger partial charge is 0.0667 e. The van der Waals surface area contributed by atoms with E-state index in [2.05, 4.69) is 26.1 Å². The molecule has 2 heteroatoms. The Kier molecular flexibility index (Phi) is 12.3. The number of methoxy groups -OCH3 is 1. The molecule has 0 bridgehead atoms. The zero-order valence-corrected chi connectivity index (χ0v) is 12.4.